The molecular formula is C17H17ClN2O4. The van der Waals surface area contributed by atoms with Crippen molar-refractivity contribution in [1.29, 1.82) is 0 Å². The third kappa shape index (κ3) is 4.17. The standard InChI is InChI=1S/C17H17ClN2O4/c1-3-24-15-9-11(8-13(18)16(15)23-2)10-19-20-14-7-5-4-6-12(14)17(21)22/h4-10,20H,3H2,1-2H3,(H,21,22). The van der Waals surface area contributed by atoms with Gasteiger partial charge in [-0.1, -0.05) is 23.7 Å². The second-order valence-corrected chi connectivity index (χ2v) is 5.10. The van der Waals surface area contributed by atoms with Gasteiger partial charge in [-0.2, -0.15) is 5.10 Å². The van der Waals surface area contributed by atoms with Gasteiger partial charge >= 0.3 is 5.97 Å². The molecule has 0 aromatic heterocycles. The molecule has 6 nitrogen and oxygen atoms in total. The van der Waals surface area contributed by atoms with Gasteiger partial charge in [0.05, 0.1) is 36.2 Å². The summed E-state index contributed by atoms with van der Waals surface area (Å²) in [6.45, 7) is 2.33. The molecule has 0 amide bonds. The number of anilines is 1. The number of carboxylic acid groups (broad SMARTS) is 1. The van der Waals surface area contributed by atoms with Crippen molar-refractivity contribution in [1.82, 2.24) is 0 Å². The Morgan fingerprint density at radius 1 is 1.38 bits per heavy atom. The molecule has 2 aromatic carbocycles. The van der Waals surface area contributed by atoms with Crippen molar-refractivity contribution >= 4 is 29.5 Å². The van der Waals surface area contributed by atoms with E-state index in [1.807, 2.05) is 6.92 Å². The zero-order chi connectivity index (χ0) is 17.5. The summed E-state index contributed by atoms with van der Waals surface area (Å²) in [5.41, 5.74) is 3.93. The molecule has 0 atom stereocenters. The summed E-state index contributed by atoms with van der Waals surface area (Å²) in [5, 5.41) is 13.6. The summed E-state index contributed by atoms with van der Waals surface area (Å²) >= 11 is 6.17. The average Bonchev–Trinajstić information content (AvgIpc) is 2.55. The first-order valence-electron chi connectivity index (χ1n) is 7.18. The topological polar surface area (TPSA) is 80.2 Å². The number of hydrogen-bond acceptors (Lipinski definition) is 5. The van der Waals surface area contributed by atoms with Gasteiger partial charge in [0, 0.05) is 0 Å². The smallest absolute Gasteiger partial charge is 0.337 e. The van der Waals surface area contributed by atoms with E-state index in [9.17, 15) is 4.79 Å². The summed E-state index contributed by atoms with van der Waals surface area (Å²) in [6, 6.07) is 9.92. The van der Waals surface area contributed by atoms with Crippen LogP contribution in [0.15, 0.2) is 41.5 Å². The van der Waals surface area contributed by atoms with Gasteiger partial charge < -0.3 is 14.6 Å². The van der Waals surface area contributed by atoms with E-state index in [-0.39, 0.29) is 5.56 Å². The van der Waals surface area contributed by atoms with Gasteiger partial charge in [0.15, 0.2) is 11.5 Å². The summed E-state index contributed by atoms with van der Waals surface area (Å²) in [6.07, 6.45) is 1.52. The molecule has 2 aromatic rings. The van der Waals surface area contributed by atoms with E-state index in [4.69, 9.17) is 26.2 Å². The van der Waals surface area contributed by atoms with Crippen LogP contribution < -0.4 is 14.9 Å². The van der Waals surface area contributed by atoms with Crippen LogP contribution in [-0.4, -0.2) is 31.0 Å². The van der Waals surface area contributed by atoms with E-state index in [2.05, 4.69) is 10.5 Å². The number of ether oxygens (including phenoxy) is 2. The number of nitrogens with one attached hydrogen (secondary N) is 1. The maximum Gasteiger partial charge on any atom is 0.337 e. The first-order valence-corrected chi connectivity index (χ1v) is 7.56. The minimum Gasteiger partial charge on any atom is -0.491 e. The van der Waals surface area contributed by atoms with Crippen LogP contribution in [0.2, 0.25) is 5.02 Å². The fourth-order valence-corrected chi connectivity index (χ4v) is 2.36. The van der Waals surface area contributed by atoms with Crippen molar-refractivity contribution < 1.29 is 19.4 Å². The predicted molar refractivity (Wildman–Crippen MR) is 93.8 cm³/mol. The molecule has 24 heavy (non-hydrogen) atoms. The predicted octanol–water partition coefficient (Wildman–Crippen LogP) is 3.89. The number of para-hydroxylation sites is 1. The van der Waals surface area contributed by atoms with Crippen molar-refractivity contribution in [2.45, 2.75) is 6.92 Å². The van der Waals surface area contributed by atoms with Crippen molar-refractivity contribution in [3.8, 4) is 11.5 Å². The molecule has 126 valence electrons. The highest BCUT2D eigenvalue weighted by atomic mass is 35.5. The fraction of sp³-hybridized carbons (Fsp3) is 0.176. The van der Waals surface area contributed by atoms with Gasteiger partial charge in [0.1, 0.15) is 0 Å². The molecule has 0 heterocycles. The molecule has 0 bridgehead atoms. The van der Waals surface area contributed by atoms with Crippen molar-refractivity contribution in [2.75, 3.05) is 19.1 Å². The van der Waals surface area contributed by atoms with Gasteiger partial charge in [-0.3, -0.25) is 5.43 Å². The molecule has 7 heteroatoms. The summed E-state index contributed by atoms with van der Waals surface area (Å²) in [4.78, 5) is 11.1. The van der Waals surface area contributed by atoms with Crippen molar-refractivity contribution in [2.24, 2.45) is 5.10 Å². The summed E-state index contributed by atoms with van der Waals surface area (Å²) in [7, 11) is 1.52. The Kier molecular flexibility index (Phi) is 6.03. The molecule has 0 unspecified atom stereocenters. The number of carboxylic acids is 1. The third-order valence-corrected chi connectivity index (χ3v) is 3.37. The Labute approximate surface area is 144 Å². The molecule has 0 spiro atoms. The molecule has 0 aliphatic carbocycles. The monoisotopic (exact) mass is 348 g/mol. The molecule has 0 aliphatic heterocycles. The number of methoxy groups -OCH3 is 1. The Morgan fingerprint density at radius 3 is 2.79 bits per heavy atom. The molecule has 0 saturated carbocycles. The number of carbonyl (C=O) groups is 1. The minimum absolute atomic E-state index is 0.136. The van der Waals surface area contributed by atoms with Gasteiger partial charge in [-0.05, 0) is 36.8 Å². The highest BCUT2D eigenvalue weighted by molar-refractivity contribution is 6.32. The Morgan fingerprint density at radius 2 is 2.12 bits per heavy atom. The number of nitrogens with zero attached hydrogens (tertiary/aromatic N) is 1. The molecule has 2 N–H and O–H groups in total. The van der Waals surface area contributed by atoms with Crippen LogP contribution >= 0.6 is 11.6 Å². The van der Waals surface area contributed by atoms with Gasteiger partial charge in [0.2, 0.25) is 0 Å². The molecule has 0 aliphatic rings. The number of benzene rings is 2. The lowest BCUT2D eigenvalue weighted by atomic mass is 10.2. The van der Waals surface area contributed by atoms with Crippen LogP contribution in [0.5, 0.6) is 11.5 Å². The second-order valence-electron chi connectivity index (χ2n) is 4.69. The molecule has 0 radical (unpaired) electrons. The highest BCUT2D eigenvalue weighted by Crippen LogP contribution is 2.35. The lowest BCUT2D eigenvalue weighted by molar-refractivity contribution is 0.0698. The number of hydrogen-bond donors (Lipinski definition) is 2. The second kappa shape index (κ2) is 8.21. The average molecular weight is 349 g/mol. The first kappa shape index (κ1) is 17.6. The molecule has 0 saturated heterocycles. The first-order chi connectivity index (χ1) is 11.6. The van der Waals surface area contributed by atoms with Crippen LogP contribution in [0.3, 0.4) is 0 Å². The Hall–Kier alpha value is -2.73. The van der Waals surface area contributed by atoms with Gasteiger partial charge in [-0.15, -0.1) is 0 Å². The zero-order valence-corrected chi connectivity index (χ0v) is 14.0. The largest absolute Gasteiger partial charge is 0.491 e. The zero-order valence-electron chi connectivity index (χ0n) is 13.2. The van der Waals surface area contributed by atoms with E-state index in [0.717, 1.165) is 0 Å². The molecular weight excluding hydrogens is 332 g/mol. The van der Waals surface area contributed by atoms with Crippen LogP contribution in [-0.2, 0) is 0 Å². The summed E-state index contributed by atoms with van der Waals surface area (Å²) < 4.78 is 10.7. The SMILES string of the molecule is CCOc1cc(C=NNc2ccccc2C(=O)O)cc(Cl)c1OC. The van der Waals surface area contributed by atoms with Crippen LogP contribution in [0.4, 0.5) is 5.69 Å². The van der Waals surface area contributed by atoms with Gasteiger partial charge in [-0.25, -0.2) is 4.79 Å². The van der Waals surface area contributed by atoms with Crippen LogP contribution in [0.1, 0.15) is 22.8 Å². The number of halogens is 1. The van der Waals surface area contributed by atoms with E-state index in [1.165, 1.54) is 19.4 Å². The number of hydrazone groups is 1. The Bertz CT molecular complexity index is 762. The Balaban J connectivity index is 2.22. The number of aromatic carboxylic acids is 1. The summed E-state index contributed by atoms with van der Waals surface area (Å²) in [5.74, 6) is -0.0563. The molecule has 2 rings (SSSR count). The number of rotatable bonds is 7. The van der Waals surface area contributed by atoms with E-state index < -0.39 is 5.97 Å². The van der Waals surface area contributed by atoms with Crippen LogP contribution in [0.25, 0.3) is 0 Å². The quantitative estimate of drug-likeness (QED) is 0.586. The van der Waals surface area contributed by atoms with E-state index in [0.29, 0.717) is 34.4 Å². The van der Waals surface area contributed by atoms with Gasteiger partial charge in [0.25, 0.3) is 0 Å². The minimum atomic E-state index is -1.03. The normalized spacial score (nSPS) is 10.6. The van der Waals surface area contributed by atoms with E-state index >= 15 is 0 Å². The third-order valence-electron chi connectivity index (χ3n) is 3.09. The maximum absolute atomic E-state index is 11.1. The maximum atomic E-state index is 11.1. The highest BCUT2D eigenvalue weighted by Gasteiger charge is 2.11. The lowest BCUT2D eigenvalue weighted by Crippen LogP contribution is -2.02. The van der Waals surface area contributed by atoms with Crippen molar-refractivity contribution in [3.05, 3.63) is 52.5 Å². The van der Waals surface area contributed by atoms with E-state index in [1.54, 1.807) is 30.3 Å². The lowest BCUT2D eigenvalue weighted by Gasteiger charge is -2.11. The van der Waals surface area contributed by atoms with Crippen LogP contribution in [0, 0.1) is 0 Å². The molecule has 0 fully saturated rings. The fourth-order valence-electron chi connectivity index (χ4n) is 2.07. The van der Waals surface area contributed by atoms with Crippen molar-refractivity contribution in [3.63, 3.8) is 0 Å².